The van der Waals surface area contributed by atoms with Crippen molar-refractivity contribution in [2.24, 2.45) is 0 Å². The van der Waals surface area contributed by atoms with Crippen LogP contribution in [0, 0.1) is 0 Å². The fraction of sp³-hybridized carbons (Fsp3) is 0.600. The van der Waals surface area contributed by atoms with E-state index in [2.05, 4.69) is 39.7 Å². The summed E-state index contributed by atoms with van der Waals surface area (Å²) in [4.78, 5) is 4.92. The number of hydrogen-bond acceptors (Lipinski definition) is 3. The molecule has 1 aliphatic heterocycles. The van der Waals surface area contributed by atoms with Crippen molar-refractivity contribution in [1.29, 1.82) is 0 Å². The molecule has 0 spiro atoms. The average molecular weight is 327 g/mol. The van der Waals surface area contributed by atoms with Crippen molar-refractivity contribution >= 4 is 15.9 Å². The van der Waals surface area contributed by atoms with Gasteiger partial charge in [0, 0.05) is 17.1 Å². The molecule has 106 valence electrons. The van der Waals surface area contributed by atoms with Gasteiger partial charge >= 0.3 is 0 Å². The van der Waals surface area contributed by atoms with Crippen LogP contribution in [0.4, 0.5) is 0 Å². The highest BCUT2D eigenvalue weighted by Crippen LogP contribution is 2.25. The van der Waals surface area contributed by atoms with Crippen LogP contribution in [0.2, 0.25) is 0 Å². The second-order valence-electron chi connectivity index (χ2n) is 5.36. The first-order valence-electron chi connectivity index (χ1n) is 7.00. The van der Waals surface area contributed by atoms with Crippen LogP contribution in [0.5, 0.6) is 5.75 Å². The minimum absolute atomic E-state index is 0.340. The van der Waals surface area contributed by atoms with Gasteiger partial charge in [0.25, 0.3) is 0 Å². The maximum absolute atomic E-state index is 9.58. The van der Waals surface area contributed by atoms with Crippen molar-refractivity contribution in [3.05, 3.63) is 28.2 Å². The molecule has 1 N–H and O–H groups in total. The molecule has 1 aliphatic rings. The molecule has 19 heavy (non-hydrogen) atoms. The minimum atomic E-state index is 0.340. The third kappa shape index (κ3) is 3.94. The molecule has 0 amide bonds. The molecular formula is C15H23BrN2O. The first-order valence-corrected chi connectivity index (χ1v) is 7.79. The molecule has 0 atom stereocenters. The van der Waals surface area contributed by atoms with Gasteiger partial charge in [0.2, 0.25) is 0 Å². The van der Waals surface area contributed by atoms with E-state index < -0.39 is 0 Å². The highest BCUT2D eigenvalue weighted by Gasteiger charge is 2.21. The normalized spacial score (nSPS) is 18.1. The largest absolute Gasteiger partial charge is 0.508 e. The Balaban J connectivity index is 1.94. The van der Waals surface area contributed by atoms with E-state index in [4.69, 9.17) is 0 Å². The maximum Gasteiger partial charge on any atom is 0.115 e. The molecule has 1 heterocycles. The molecule has 0 saturated carbocycles. The number of halogens is 1. The van der Waals surface area contributed by atoms with Crippen LogP contribution >= 0.6 is 15.9 Å². The summed E-state index contributed by atoms with van der Waals surface area (Å²) >= 11 is 3.56. The summed E-state index contributed by atoms with van der Waals surface area (Å²) in [5.74, 6) is 0.340. The molecule has 1 saturated heterocycles. The first kappa shape index (κ1) is 14.8. The number of hydrogen-bond donors (Lipinski definition) is 1. The van der Waals surface area contributed by atoms with Crippen molar-refractivity contribution in [2.45, 2.75) is 32.4 Å². The topological polar surface area (TPSA) is 26.7 Å². The lowest BCUT2D eigenvalue weighted by molar-refractivity contribution is 0.127. The number of phenolic OH excluding ortho intramolecular Hbond substituents is 1. The molecule has 0 radical (unpaired) electrons. The van der Waals surface area contributed by atoms with Gasteiger partial charge < -0.3 is 10.0 Å². The van der Waals surface area contributed by atoms with Crippen molar-refractivity contribution in [2.75, 3.05) is 26.7 Å². The lowest BCUT2D eigenvalue weighted by atomic mass is 10.0. The Morgan fingerprint density at radius 1 is 1.37 bits per heavy atom. The Morgan fingerprint density at radius 2 is 2.05 bits per heavy atom. The van der Waals surface area contributed by atoms with E-state index in [1.165, 1.54) is 25.9 Å². The predicted octanol–water partition coefficient (Wildman–Crippen LogP) is 3.07. The molecular weight excluding hydrogens is 304 g/mol. The molecule has 0 bridgehead atoms. The van der Waals surface area contributed by atoms with E-state index in [0.717, 1.165) is 23.1 Å². The zero-order chi connectivity index (χ0) is 13.8. The van der Waals surface area contributed by atoms with Gasteiger partial charge in [-0.2, -0.15) is 0 Å². The van der Waals surface area contributed by atoms with Gasteiger partial charge in [0.15, 0.2) is 0 Å². The Morgan fingerprint density at radius 3 is 2.68 bits per heavy atom. The van der Waals surface area contributed by atoms with E-state index in [0.29, 0.717) is 11.8 Å². The van der Waals surface area contributed by atoms with Crippen molar-refractivity contribution in [3.8, 4) is 5.75 Å². The predicted molar refractivity (Wildman–Crippen MR) is 82.4 cm³/mol. The van der Waals surface area contributed by atoms with E-state index in [1.807, 2.05) is 12.1 Å². The summed E-state index contributed by atoms with van der Waals surface area (Å²) in [5, 5.41) is 9.58. The van der Waals surface area contributed by atoms with Gasteiger partial charge in [-0.15, -0.1) is 0 Å². The van der Waals surface area contributed by atoms with Crippen molar-refractivity contribution in [1.82, 2.24) is 9.80 Å². The maximum atomic E-state index is 9.58. The summed E-state index contributed by atoms with van der Waals surface area (Å²) in [5.41, 5.74) is 1.15. The highest BCUT2D eigenvalue weighted by atomic mass is 79.9. The second kappa shape index (κ2) is 6.73. The van der Waals surface area contributed by atoms with Crippen molar-refractivity contribution in [3.63, 3.8) is 0 Å². The molecule has 4 heteroatoms. The number of piperidine rings is 1. The summed E-state index contributed by atoms with van der Waals surface area (Å²) in [7, 11) is 2.18. The van der Waals surface area contributed by atoms with Gasteiger partial charge in [0.1, 0.15) is 5.75 Å². The fourth-order valence-corrected chi connectivity index (χ4v) is 3.13. The third-order valence-electron chi connectivity index (χ3n) is 4.08. The van der Waals surface area contributed by atoms with Crippen LogP contribution < -0.4 is 0 Å². The molecule has 3 nitrogen and oxygen atoms in total. The zero-order valence-corrected chi connectivity index (χ0v) is 13.4. The van der Waals surface area contributed by atoms with Gasteiger partial charge in [-0.05, 0) is 63.3 Å². The number of nitrogens with zero attached hydrogens (tertiary/aromatic N) is 2. The number of likely N-dealkylation sites (tertiary alicyclic amines) is 1. The monoisotopic (exact) mass is 326 g/mol. The smallest absolute Gasteiger partial charge is 0.115 e. The standard InChI is InChI=1S/C15H23BrN2O/c1-3-18-8-6-13(7-9-18)17(2)11-12-10-14(19)4-5-15(12)16/h4-5,10,13,19H,3,6-9,11H2,1-2H3. The van der Waals surface area contributed by atoms with Crippen LogP contribution in [0.15, 0.2) is 22.7 Å². The minimum Gasteiger partial charge on any atom is -0.508 e. The molecule has 1 aromatic rings. The SMILES string of the molecule is CCN1CCC(N(C)Cc2cc(O)ccc2Br)CC1. The van der Waals surface area contributed by atoms with Gasteiger partial charge in [-0.3, -0.25) is 4.90 Å². The fourth-order valence-electron chi connectivity index (χ4n) is 2.76. The summed E-state index contributed by atoms with van der Waals surface area (Å²) < 4.78 is 1.07. The van der Waals surface area contributed by atoms with Crippen LogP contribution in [0.3, 0.4) is 0 Å². The summed E-state index contributed by atoms with van der Waals surface area (Å²) in [6.45, 7) is 6.67. The van der Waals surface area contributed by atoms with E-state index in [-0.39, 0.29) is 0 Å². The first-order chi connectivity index (χ1) is 9.10. The quantitative estimate of drug-likeness (QED) is 0.921. The number of rotatable bonds is 4. The van der Waals surface area contributed by atoms with Crippen LogP contribution in [-0.4, -0.2) is 47.6 Å². The zero-order valence-electron chi connectivity index (χ0n) is 11.8. The molecule has 2 rings (SSSR count). The lowest BCUT2D eigenvalue weighted by Gasteiger charge is -2.36. The molecule has 0 aromatic heterocycles. The summed E-state index contributed by atoms with van der Waals surface area (Å²) in [6.07, 6.45) is 2.47. The Labute approximate surface area is 124 Å². The van der Waals surface area contributed by atoms with Crippen LogP contribution in [0.1, 0.15) is 25.3 Å². The molecule has 0 unspecified atom stereocenters. The Kier molecular flexibility index (Phi) is 5.25. The number of benzene rings is 1. The highest BCUT2D eigenvalue weighted by molar-refractivity contribution is 9.10. The van der Waals surface area contributed by atoms with Gasteiger partial charge in [-0.25, -0.2) is 0 Å². The number of phenols is 1. The molecule has 1 fully saturated rings. The average Bonchev–Trinajstić information content (AvgIpc) is 2.43. The Bertz CT molecular complexity index is 417. The van der Waals surface area contributed by atoms with Gasteiger partial charge in [-0.1, -0.05) is 22.9 Å². The molecule has 1 aromatic carbocycles. The van der Waals surface area contributed by atoms with Crippen molar-refractivity contribution < 1.29 is 5.11 Å². The van der Waals surface area contributed by atoms with Crippen LogP contribution in [0.25, 0.3) is 0 Å². The summed E-state index contributed by atoms with van der Waals surface area (Å²) in [6, 6.07) is 6.13. The third-order valence-corrected chi connectivity index (χ3v) is 4.85. The van der Waals surface area contributed by atoms with Crippen LogP contribution in [-0.2, 0) is 6.54 Å². The molecule has 0 aliphatic carbocycles. The Hall–Kier alpha value is -0.580. The van der Waals surface area contributed by atoms with E-state index in [9.17, 15) is 5.11 Å². The second-order valence-corrected chi connectivity index (χ2v) is 6.21. The number of aromatic hydroxyl groups is 1. The van der Waals surface area contributed by atoms with E-state index in [1.54, 1.807) is 6.07 Å². The van der Waals surface area contributed by atoms with E-state index >= 15 is 0 Å². The lowest BCUT2D eigenvalue weighted by Crippen LogP contribution is -2.42. The van der Waals surface area contributed by atoms with Gasteiger partial charge in [0.05, 0.1) is 0 Å².